The Balaban J connectivity index is 1.67. The number of methoxy groups -OCH3 is 1. The number of thiazole rings is 1. The number of ether oxygens (including phenoxy) is 1. The minimum absolute atomic E-state index is 0.165. The van der Waals surface area contributed by atoms with Gasteiger partial charge in [0.1, 0.15) is 5.75 Å². The Hall–Kier alpha value is -3.51. The number of hydrogen-bond acceptors (Lipinski definition) is 5. The molecule has 0 amide bonds. The third kappa shape index (κ3) is 2.66. The molecule has 0 aliphatic rings. The molecule has 6 heteroatoms. The summed E-state index contributed by atoms with van der Waals surface area (Å²) in [7, 11) is 1.60. The van der Waals surface area contributed by atoms with Crippen molar-refractivity contribution in [2.45, 2.75) is 0 Å². The van der Waals surface area contributed by atoms with Gasteiger partial charge >= 0.3 is 0 Å². The zero-order chi connectivity index (χ0) is 19.1. The molecule has 28 heavy (non-hydrogen) atoms. The molecular weight excluding hydrogens is 370 g/mol. The molecule has 0 spiro atoms. The Labute approximate surface area is 164 Å². The predicted molar refractivity (Wildman–Crippen MR) is 112 cm³/mol. The van der Waals surface area contributed by atoms with Gasteiger partial charge < -0.3 is 4.74 Å². The summed E-state index contributed by atoms with van der Waals surface area (Å²) in [6, 6.07) is 21.7. The van der Waals surface area contributed by atoms with Gasteiger partial charge in [-0.25, -0.2) is 0 Å². The van der Waals surface area contributed by atoms with E-state index in [1.807, 2.05) is 54.6 Å². The molecule has 0 N–H and O–H groups in total. The van der Waals surface area contributed by atoms with Gasteiger partial charge in [0.2, 0.25) is 4.96 Å². The summed E-state index contributed by atoms with van der Waals surface area (Å²) in [5.74, 6) is 1.16. The van der Waals surface area contributed by atoms with Crippen LogP contribution in [0.1, 0.15) is 5.56 Å². The summed E-state index contributed by atoms with van der Waals surface area (Å²) in [4.78, 5) is 18.0. The van der Waals surface area contributed by atoms with Crippen LogP contribution in [0.2, 0.25) is 0 Å². The van der Waals surface area contributed by atoms with Gasteiger partial charge in [0.05, 0.1) is 17.2 Å². The second-order valence-electron chi connectivity index (χ2n) is 6.31. The fourth-order valence-electron chi connectivity index (χ4n) is 3.29. The van der Waals surface area contributed by atoms with E-state index in [1.54, 1.807) is 7.11 Å². The lowest BCUT2D eigenvalue weighted by Gasteiger charge is -2.03. The first-order valence-corrected chi connectivity index (χ1v) is 9.59. The Morgan fingerprint density at radius 3 is 2.64 bits per heavy atom. The third-order valence-electron chi connectivity index (χ3n) is 4.64. The Kier molecular flexibility index (Phi) is 3.91. The van der Waals surface area contributed by atoms with E-state index in [1.165, 1.54) is 15.9 Å². The highest BCUT2D eigenvalue weighted by molar-refractivity contribution is 7.15. The van der Waals surface area contributed by atoms with Crippen molar-refractivity contribution in [2.24, 2.45) is 0 Å². The zero-order valence-corrected chi connectivity index (χ0v) is 15.8. The standard InChI is InChI=1S/C22H15N3O2S/c1-27-18-12-5-4-11-17(18)20-23-22-25(24-20)21(26)19(28-22)13-15-9-6-8-14-7-2-3-10-16(14)15/h2-13H,1H3. The van der Waals surface area contributed by atoms with E-state index in [0.29, 0.717) is 21.1 Å². The molecule has 2 aromatic heterocycles. The molecule has 2 heterocycles. The monoisotopic (exact) mass is 385 g/mol. The minimum atomic E-state index is -0.165. The summed E-state index contributed by atoms with van der Waals surface area (Å²) in [6.45, 7) is 0. The maximum atomic E-state index is 12.9. The number of rotatable bonds is 3. The molecule has 136 valence electrons. The van der Waals surface area contributed by atoms with E-state index in [2.05, 4.69) is 28.3 Å². The van der Waals surface area contributed by atoms with Gasteiger partial charge in [-0.1, -0.05) is 65.9 Å². The molecule has 5 rings (SSSR count). The highest BCUT2D eigenvalue weighted by Gasteiger charge is 2.15. The number of aromatic nitrogens is 3. The fraction of sp³-hybridized carbons (Fsp3) is 0.0455. The van der Waals surface area contributed by atoms with Gasteiger partial charge in [0.25, 0.3) is 5.56 Å². The average Bonchev–Trinajstić information content (AvgIpc) is 3.28. The first-order chi connectivity index (χ1) is 13.7. The van der Waals surface area contributed by atoms with Crippen LogP contribution in [0.15, 0.2) is 71.5 Å². The van der Waals surface area contributed by atoms with Gasteiger partial charge in [-0.3, -0.25) is 4.79 Å². The number of fused-ring (bicyclic) bond motifs is 2. The highest BCUT2D eigenvalue weighted by Crippen LogP contribution is 2.27. The first-order valence-electron chi connectivity index (χ1n) is 8.77. The van der Waals surface area contributed by atoms with Gasteiger partial charge in [-0.2, -0.15) is 9.50 Å². The van der Waals surface area contributed by atoms with Gasteiger partial charge in [0.15, 0.2) is 5.82 Å². The van der Waals surface area contributed by atoms with Crippen molar-refractivity contribution in [1.82, 2.24) is 14.6 Å². The average molecular weight is 385 g/mol. The predicted octanol–water partition coefficient (Wildman–Crippen LogP) is 3.53. The second kappa shape index (κ2) is 6.58. The van der Waals surface area contributed by atoms with Crippen molar-refractivity contribution < 1.29 is 4.74 Å². The largest absolute Gasteiger partial charge is 0.496 e. The van der Waals surface area contributed by atoms with Crippen LogP contribution in [0.5, 0.6) is 5.75 Å². The van der Waals surface area contributed by atoms with Crippen molar-refractivity contribution >= 4 is 33.1 Å². The van der Waals surface area contributed by atoms with E-state index in [9.17, 15) is 4.79 Å². The fourth-order valence-corrected chi connectivity index (χ4v) is 4.19. The van der Waals surface area contributed by atoms with Crippen LogP contribution < -0.4 is 14.8 Å². The zero-order valence-electron chi connectivity index (χ0n) is 15.0. The van der Waals surface area contributed by atoms with E-state index in [-0.39, 0.29) is 5.56 Å². The maximum Gasteiger partial charge on any atom is 0.291 e. The second-order valence-corrected chi connectivity index (χ2v) is 7.32. The summed E-state index contributed by atoms with van der Waals surface area (Å²) in [6.07, 6.45) is 1.91. The van der Waals surface area contributed by atoms with Gasteiger partial charge in [-0.05, 0) is 34.5 Å². The Morgan fingerprint density at radius 1 is 1.00 bits per heavy atom. The third-order valence-corrected chi connectivity index (χ3v) is 5.60. The van der Waals surface area contributed by atoms with Crippen molar-refractivity contribution in [3.8, 4) is 17.1 Å². The SMILES string of the molecule is COc1ccccc1-c1nc2sc(=Cc3cccc4ccccc34)c(=O)n2n1. The van der Waals surface area contributed by atoms with Crippen LogP contribution in [0.3, 0.4) is 0 Å². The Bertz CT molecular complexity index is 1430. The molecule has 3 aromatic carbocycles. The van der Waals surface area contributed by atoms with Gasteiger partial charge in [-0.15, -0.1) is 5.10 Å². The van der Waals surface area contributed by atoms with Crippen molar-refractivity contribution in [1.29, 1.82) is 0 Å². The summed E-state index contributed by atoms with van der Waals surface area (Å²) >= 11 is 1.34. The lowest BCUT2D eigenvalue weighted by Crippen LogP contribution is -2.23. The minimum Gasteiger partial charge on any atom is -0.496 e. The van der Waals surface area contributed by atoms with E-state index < -0.39 is 0 Å². The summed E-state index contributed by atoms with van der Waals surface area (Å²) in [5, 5.41) is 6.67. The number of para-hydroxylation sites is 1. The molecule has 0 radical (unpaired) electrons. The van der Waals surface area contributed by atoms with Crippen molar-refractivity contribution in [2.75, 3.05) is 7.11 Å². The summed E-state index contributed by atoms with van der Waals surface area (Å²) < 4.78 is 7.35. The lowest BCUT2D eigenvalue weighted by atomic mass is 10.0. The maximum absolute atomic E-state index is 12.9. The molecule has 0 bridgehead atoms. The number of benzene rings is 3. The van der Waals surface area contributed by atoms with Crippen LogP contribution in [0.25, 0.3) is 33.2 Å². The van der Waals surface area contributed by atoms with Crippen LogP contribution in [0, 0.1) is 0 Å². The lowest BCUT2D eigenvalue weighted by molar-refractivity contribution is 0.416. The topological polar surface area (TPSA) is 56.5 Å². The van der Waals surface area contributed by atoms with Crippen LogP contribution in [-0.2, 0) is 0 Å². The van der Waals surface area contributed by atoms with Crippen LogP contribution >= 0.6 is 11.3 Å². The van der Waals surface area contributed by atoms with Crippen LogP contribution in [0.4, 0.5) is 0 Å². The molecule has 0 saturated carbocycles. The summed E-state index contributed by atoms with van der Waals surface area (Å²) in [5.41, 5.74) is 1.60. The number of nitrogens with zero attached hydrogens (tertiary/aromatic N) is 3. The molecule has 0 fully saturated rings. The van der Waals surface area contributed by atoms with E-state index in [0.717, 1.165) is 21.9 Å². The van der Waals surface area contributed by atoms with E-state index >= 15 is 0 Å². The highest BCUT2D eigenvalue weighted by atomic mass is 32.1. The molecule has 5 aromatic rings. The van der Waals surface area contributed by atoms with Gasteiger partial charge in [0, 0.05) is 0 Å². The molecule has 0 saturated heterocycles. The van der Waals surface area contributed by atoms with E-state index in [4.69, 9.17) is 4.74 Å². The molecule has 0 aliphatic heterocycles. The Morgan fingerprint density at radius 2 is 1.79 bits per heavy atom. The smallest absolute Gasteiger partial charge is 0.291 e. The van der Waals surface area contributed by atoms with Crippen molar-refractivity contribution in [3.05, 3.63) is 87.2 Å². The molecule has 5 nitrogen and oxygen atoms in total. The van der Waals surface area contributed by atoms with Crippen LogP contribution in [-0.4, -0.2) is 21.7 Å². The molecular formula is C22H15N3O2S. The number of hydrogen-bond donors (Lipinski definition) is 0. The molecule has 0 unspecified atom stereocenters. The molecule has 0 atom stereocenters. The van der Waals surface area contributed by atoms with Crippen molar-refractivity contribution in [3.63, 3.8) is 0 Å². The molecule has 0 aliphatic carbocycles. The first kappa shape index (κ1) is 16.6. The normalized spacial score (nSPS) is 12.1. The quantitative estimate of drug-likeness (QED) is 0.477.